The molecule has 1 fully saturated rings. The van der Waals surface area contributed by atoms with Crippen molar-refractivity contribution in [3.05, 3.63) is 34.3 Å². The van der Waals surface area contributed by atoms with Crippen LogP contribution in [0.3, 0.4) is 0 Å². The summed E-state index contributed by atoms with van der Waals surface area (Å²) >= 11 is 3.52. The first-order valence-electron chi connectivity index (χ1n) is 7.50. The van der Waals surface area contributed by atoms with Gasteiger partial charge in [-0.25, -0.2) is 0 Å². The van der Waals surface area contributed by atoms with Crippen molar-refractivity contribution in [3.63, 3.8) is 0 Å². The third-order valence-corrected chi connectivity index (χ3v) is 5.00. The van der Waals surface area contributed by atoms with E-state index in [1.807, 2.05) is 0 Å². The molecule has 2 unspecified atom stereocenters. The lowest BCUT2D eigenvalue weighted by Gasteiger charge is -2.31. The largest absolute Gasteiger partial charge is 0.368 e. The fourth-order valence-electron chi connectivity index (χ4n) is 3.42. The smallest absolute Gasteiger partial charge is 0.0788 e. The van der Waals surface area contributed by atoms with Crippen molar-refractivity contribution in [3.8, 4) is 0 Å². The molecule has 0 bridgehead atoms. The highest BCUT2D eigenvalue weighted by Crippen LogP contribution is 2.41. The van der Waals surface area contributed by atoms with E-state index in [1.54, 1.807) is 0 Å². The summed E-state index contributed by atoms with van der Waals surface area (Å²) in [5.74, 6) is 0.324. The maximum absolute atomic E-state index is 6.44. The lowest BCUT2D eigenvalue weighted by atomic mass is 9.83. The molecule has 0 saturated carbocycles. The monoisotopic (exact) mass is 354 g/mol. The molecule has 21 heavy (non-hydrogen) atoms. The molecule has 2 atom stereocenters. The summed E-state index contributed by atoms with van der Waals surface area (Å²) in [6, 6.07) is 8.50. The number of hydrogen-bond donors (Lipinski definition) is 1. The Labute approximate surface area is 137 Å². The standard InChI is InChI=1S/C17H27BrN2O/c1-16(2)14(15(19)17(3,4)21-16)11-20(5)10-12-7-6-8-13(18)9-12/h6-9,14-15H,10-11,19H2,1-5H3. The van der Waals surface area contributed by atoms with Gasteiger partial charge in [0.2, 0.25) is 0 Å². The first kappa shape index (κ1) is 16.9. The zero-order valence-corrected chi connectivity index (χ0v) is 15.3. The molecule has 0 spiro atoms. The Morgan fingerprint density at radius 2 is 1.90 bits per heavy atom. The highest BCUT2D eigenvalue weighted by atomic mass is 79.9. The average Bonchev–Trinajstić information content (AvgIpc) is 2.47. The van der Waals surface area contributed by atoms with Crippen LogP contribution in [0.2, 0.25) is 0 Å². The molecule has 0 aliphatic carbocycles. The zero-order valence-electron chi connectivity index (χ0n) is 13.7. The minimum atomic E-state index is -0.259. The second-order valence-electron chi connectivity index (χ2n) is 7.27. The Morgan fingerprint density at radius 3 is 2.43 bits per heavy atom. The molecule has 2 rings (SSSR count). The molecule has 0 radical (unpaired) electrons. The second kappa shape index (κ2) is 5.99. The van der Waals surface area contributed by atoms with Crippen LogP contribution in [-0.2, 0) is 11.3 Å². The number of nitrogens with zero attached hydrogens (tertiary/aromatic N) is 1. The minimum absolute atomic E-state index is 0.0532. The minimum Gasteiger partial charge on any atom is -0.368 e. The van der Waals surface area contributed by atoms with Crippen LogP contribution in [0.25, 0.3) is 0 Å². The molecule has 4 heteroatoms. The van der Waals surface area contributed by atoms with Crippen molar-refractivity contribution in [2.24, 2.45) is 11.7 Å². The first-order chi connectivity index (χ1) is 9.62. The second-order valence-corrected chi connectivity index (χ2v) is 8.18. The van der Waals surface area contributed by atoms with Gasteiger partial charge in [0.25, 0.3) is 0 Å². The van der Waals surface area contributed by atoms with Crippen LogP contribution >= 0.6 is 15.9 Å². The SMILES string of the molecule is CN(Cc1cccc(Br)c1)CC1C(N)C(C)(C)OC1(C)C. The maximum Gasteiger partial charge on any atom is 0.0788 e. The summed E-state index contributed by atoms with van der Waals surface area (Å²) < 4.78 is 7.29. The Balaban J connectivity index is 2.04. The first-order valence-corrected chi connectivity index (χ1v) is 8.30. The van der Waals surface area contributed by atoms with E-state index in [2.05, 4.69) is 79.8 Å². The van der Waals surface area contributed by atoms with Crippen LogP contribution in [0.4, 0.5) is 0 Å². The number of benzene rings is 1. The van der Waals surface area contributed by atoms with E-state index in [0.29, 0.717) is 5.92 Å². The molecule has 3 nitrogen and oxygen atoms in total. The van der Waals surface area contributed by atoms with Crippen molar-refractivity contribution >= 4 is 15.9 Å². The summed E-state index contributed by atoms with van der Waals surface area (Å²) in [5, 5.41) is 0. The van der Waals surface area contributed by atoms with Gasteiger partial charge >= 0.3 is 0 Å². The molecule has 0 aromatic heterocycles. The molecule has 1 saturated heterocycles. The van der Waals surface area contributed by atoms with Crippen LogP contribution in [0.15, 0.2) is 28.7 Å². The number of nitrogens with two attached hydrogens (primary N) is 1. The van der Waals surface area contributed by atoms with Crippen molar-refractivity contribution in [2.45, 2.75) is 51.5 Å². The van der Waals surface area contributed by atoms with Gasteiger partial charge in [-0.3, -0.25) is 0 Å². The molecule has 0 amide bonds. The Morgan fingerprint density at radius 1 is 1.24 bits per heavy atom. The molecule has 118 valence electrons. The lowest BCUT2D eigenvalue weighted by Crippen LogP contribution is -2.47. The predicted octanol–water partition coefficient (Wildman–Crippen LogP) is 3.41. The van der Waals surface area contributed by atoms with Crippen LogP contribution in [0.5, 0.6) is 0 Å². The average molecular weight is 355 g/mol. The van der Waals surface area contributed by atoms with E-state index in [0.717, 1.165) is 17.6 Å². The van der Waals surface area contributed by atoms with Crippen LogP contribution in [-0.4, -0.2) is 35.7 Å². The normalized spacial score (nSPS) is 27.2. The summed E-state index contributed by atoms with van der Waals surface area (Å²) in [6.45, 7) is 10.3. The summed E-state index contributed by atoms with van der Waals surface area (Å²) in [7, 11) is 2.15. The topological polar surface area (TPSA) is 38.5 Å². The quantitative estimate of drug-likeness (QED) is 0.900. The van der Waals surface area contributed by atoms with Gasteiger partial charge in [-0.05, 0) is 52.4 Å². The number of halogens is 1. The van der Waals surface area contributed by atoms with Gasteiger partial charge in [-0.2, -0.15) is 0 Å². The third-order valence-electron chi connectivity index (χ3n) is 4.51. The molecule has 1 aromatic rings. The predicted molar refractivity (Wildman–Crippen MR) is 91.2 cm³/mol. The summed E-state index contributed by atoms with van der Waals surface area (Å²) in [5.41, 5.74) is 7.30. The molecular formula is C17H27BrN2O. The fourth-order valence-corrected chi connectivity index (χ4v) is 3.87. The van der Waals surface area contributed by atoms with E-state index >= 15 is 0 Å². The van der Waals surface area contributed by atoms with Crippen molar-refractivity contribution in [1.29, 1.82) is 0 Å². The summed E-state index contributed by atoms with van der Waals surface area (Å²) in [6.07, 6.45) is 0. The lowest BCUT2D eigenvalue weighted by molar-refractivity contribution is -0.0782. The molecule has 1 aromatic carbocycles. The highest BCUT2D eigenvalue weighted by Gasteiger charge is 2.52. The van der Waals surface area contributed by atoms with Gasteiger partial charge in [0.1, 0.15) is 0 Å². The van der Waals surface area contributed by atoms with Gasteiger partial charge in [0.05, 0.1) is 11.2 Å². The molecular weight excluding hydrogens is 328 g/mol. The van der Waals surface area contributed by atoms with Crippen LogP contribution < -0.4 is 5.73 Å². The van der Waals surface area contributed by atoms with Gasteiger partial charge in [-0.1, -0.05) is 28.1 Å². The Kier molecular flexibility index (Phi) is 4.84. The van der Waals surface area contributed by atoms with Crippen molar-refractivity contribution in [2.75, 3.05) is 13.6 Å². The Hall–Kier alpha value is -0.420. The van der Waals surface area contributed by atoms with E-state index in [9.17, 15) is 0 Å². The fraction of sp³-hybridized carbons (Fsp3) is 0.647. The molecule has 2 N–H and O–H groups in total. The van der Waals surface area contributed by atoms with Crippen molar-refractivity contribution in [1.82, 2.24) is 4.90 Å². The third kappa shape index (κ3) is 3.86. The van der Waals surface area contributed by atoms with E-state index in [1.165, 1.54) is 5.56 Å². The maximum atomic E-state index is 6.44. The van der Waals surface area contributed by atoms with Crippen molar-refractivity contribution < 1.29 is 4.74 Å². The van der Waals surface area contributed by atoms with Gasteiger partial charge < -0.3 is 15.4 Å². The number of hydrogen-bond acceptors (Lipinski definition) is 3. The van der Waals surface area contributed by atoms with Crippen LogP contribution in [0, 0.1) is 5.92 Å². The van der Waals surface area contributed by atoms with Gasteiger partial charge in [0.15, 0.2) is 0 Å². The van der Waals surface area contributed by atoms with Gasteiger partial charge in [-0.15, -0.1) is 0 Å². The van der Waals surface area contributed by atoms with E-state index in [-0.39, 0.29) is 17.2 Å². The number of rotatable bonds is 4. The highest BCUT2D eigenvalue weighted by molar-refractivity contribution is 9.10. The Bertz CT molecular complexity index is 501. The van der Waals surface area contributed by atoms with E-state index < -0.39 is 0 Å². The van der Waals surface area contributed by atoms with Crippen LogP contribution in [0.1, 0.15) is 33.3 Å². The molecule has 1 aliphatic rings. The van der Waals surface area contributed by atoms with E-state index in [4.69, 9.17) is 10.5 Å². The summed E-state index contributed by atoms with van der Waals surface area (Å²) in [4.78, 5) is 2.33. The molecule has 1 aliphatic heterocycles. The molecule has 1 heterocycles. The van der Waals surface area contributed by atoms with Gasteiger partial charge in [0, 0.05) is 29.5 Å². The number of ether oxygens (including phenoxy) is 1. The zero-order chi connectivity index (χ0) is 15.8.